The number of imide groups is 1. The number of halogens is 3. The summed E-state index contributed by atoms with van der Waals surface area (Å²) in [6.07, 6.45) is 7.83. The van der Waals surface area contributed by atoms with Crippen LogP contribution in [0.5, 0.6) is 0 Å². The molecule has 2 aliphatic carbocycles. The summed E-state index contributed by atoms with van der Waals surface area (Å²) in [5.41, 5.74) is 0.449. The maximum absolute atomic E-state index is 16.3. The number of carbonyl (C=O) groups excluding carboxylic acids is 6. The van der Waals surface area contributed by atoms with Crippen molar-refractivity contribution in [2.24, 2.45) is 13.0 Å². The van der Waals surface area contributed by atoms with Gasteiger partial charge in [0.05, 0.1) is 23.5 Å². The van der Waals surface area contributed by atoms with E-state index >= 15 is 4.39 Å². The molecule has 2 aromatic carbocycles. The van der Waals surface area contributed by atoms with Crippen molar-refractivity contribution >= 4 is 75.4 Å². The quantitative estimate of drug-likeness (QED) is 0.105. The number of pyridine rings is 1. The molecule has 5 amide bonds. The fourth-order valence-electron chi connectivity index (χ4n) is 12.4. The summed E-state index contributed by atoms with van der Waals surface area (Å²) >= 11 is 12.7. The molecular weight excluding hydrogens is 932 g/mol. The van der Waals surface area contributed by atoms with Crippen molar-refractivity contribution in [1.29, 1.82) is 0 Å². The molecule has 20 heteroatoms. The van der Waals surface area contributed by atoms with E-state index in [0.29, 0.717) is 97.6 Å². The molecule has 69 heavy (non-hydrogen) atoms. The number of aromatic nitrogens is 3. The first-order valence-electron chi connectivity index (χ1n) is 23.9. The SMILES string of the molecule is Cn1c(=O)n(C2CCC(=O)NC2=O)c2ccc(CC(=O)OCN3CCN(C(=O)C4CCC(NC(=O)[C@@H]5NC6(CCCCC6)[C@@]6(C(=O)Nc7cc(Cl)ccc76)[C@H]5c5ccnc(Cl)c5F)CC4)CC3)cc21. The number of anilines is 1. The fourth-order valence-corrected chi connectivity index (χ4v) is 12.7. The maximum Gasteiger partial charge on any atom is 0.329 e. The third-order valence-corrected chi connectivity index (χ3v) is 16.2. The van der Waals surface area contributed by atoms with Crippen LogP contribution in [0.4, 0.5) is 10.1 Å². The minimum absolute atomic E-state index is 0.0336. The maximum atomic E-state index is 16.3. The number of benzene rings is 2. The van der Waals surface area contributed by atoms with Gasteiger partial charge < -0.3 is 20.3 Å². The van der Waals surface area contributed by atoms with Crippen molar-refractivity contribution in [2.75, 3.05) is 38.2 Å². The zero-order valence-corrected chi connectivity index (χ0v) is 39.7. The third kappa shape index (κ3) is 8.19. The number of hydrogen-bond acceptors (Lipinski definition) is 11. The molecule has 0 bridgehead atoms. The van der Waals surface area contributed by atoms with Gasteiger partial charge in [0.15, 0.2) is 11.0 Å². The lowest BCUT2D eigenvalue weighted by Gasteiger charge is -2.47. The zero-order chi connectivity index (χ0) is 48.4. The van der Waals surface area contributed by atoms with Gasteiger partial charge in [-0.2, -0.15) is 0 Å². The number of amides is 5. The van der Waals surface area contributed by atoms with Crippen molar-refractivity contribution in [3.05, 3.63) is 91.8 Å². The average Bonchev–Trinajstić information content (AvgIpc) is 3.89. The Morgan fingerprint density at radius 1 is 0.899 bits per heavy atom. The Kier molecular flexibility index (Phi) is 12.7. The van der Waals surface area contributed by atoms with E-state index < -0.39 is 52.3 Å². The highest BCUT2D eigenvalue weighted by Gasteiger charge is 2.72. The molecule has 1 unspecified atom stereocenters. The number of fused-ring (bicyclic) bond motifs is 4. The van der Waals surface area contributed by atoms with E-state index in [9.17, 15) is 33.6 Å². The molecule has 3 saturated heterocycles. The lowest BCUT2D eigenvalue weighted by Crippen LogP contribution is -2.60. The van der Waals surface area contributed by atoms with Crippen LogP contribution in [0.2, 0.25) is 10.2 Å². The molecule has 0 radical (unpaired) electrons. The van der Waals surface area contributed by atoms with Gasteiger partial charge >= 0.3 is 11.7 Å². The predicted molar refractivity (Wildman–Crippen MR) is 252 cm³/mol. The minimum Gasteiger partial charge on any atom is -0.449 e. The summed E-state index contributed by atoms with van der Waals surface area (Å²) in [6.45, 7) is 2.04. The molecule has 5 fully saturated rings. The number of aryl methyl sites for hydroxylation is 1. The van der Waals surface area contributed by atoms with Crippen LogP contribution in [0.15, 0.2) is 53.5 Å². The van der Waals surface area contributed by atoms with Gasteiger partial charge in [0, 0.05) is 80.0 Å². The second kappa shape index (κ2) is 18.6. The van der Waals surface area contributed by atoms with Crippen molar-refractivity contribution in [1.82, 2.24) is 39.9 Å². The Balaban J connectivity index is 0.739. The number of ether oxygens (including phenoxy) is 1. The highest BCUT2D eigenvalue weighted by molar-refractivity contribution is 6.31. The molecule has 4 N–H and O–H groups in total. The normalized spacial score (nSPS) is 26.8. The summed E-state index contributed by atoms with van der Waals surface area (Å²) in [5, 5.41) is 12.4. The van der Waals surface area contributed by atoms with Crippen LogP contribution >= 0.6 is 23.2 Å². The lowest BCUT2D eigenvalue weighted by atomic mass is 9.55. The number of imidazole rings is 1. The number of nitrogens with zero attached hydrogens (tertiary/aromatic N) is 5. The molecule has 4 aliphatic heterocycles. The molecule has 4 aromatic rings. The molecule has 6 heterocycles. The van der Waals surface area contributed by atoms with Crippen molar-refractivity contribution in [2.45, 2.75) is 112 Å². The van der Waals surface area contributed by atoms with Crippen LogP contribution in [0, 0.1) is 11.7 Å². The van der Waals surface area contributed by atoms with Crippen LogP contribution < -0.4 is 27.0 Å². The highest BCUT2D eigenvalue weighted by atomic mass is 35.5. The molecule has 2 spiro atoms. The summed E-state index contributed by atoms with van der Waals surface area (Å²) in [7, 11) is 1.59. The van der Waals surface area contributed by atoms with Crippen LogP contribution in [0.1, 0.15) is 99.3 Å². The van der Waals surface area contributed by atoms with Crippen LogP contribution in [0.3, 0.4) is 0 Å². The van der Waals surface area contributed by atoms with Gasteiger partial charge in [-0.1, -0.05) is 54.6 Å². The number of hydrogen-bond donors (Lipinski definition) is 4. The Morgan fingerprint density at radius 3 is 2.39 bits per heavy atom. The number of nitrogens with one attached hydrogen (secondary N) is 4. The van der Waals surface area contributed by atoms with E-state index in [4.69, 9.17) is 27.9 Å². The molecule has 2 saturated carbocycles. The van der Waals surface area contributed by atoms with E-state index in [0.717, 1.165) is 19.3 Å². The summed E-state index contributed by atoms with van der Waals surface area (Å²) < 4.78 is 24.7. The highest BCUT2D eigenvalue weighted by Crippen LogP contribution is 2.62. The van der Waals surface area contributed by atoms with Gasteiger partial charge in [-0.15, -0.1) is 0 Å². The second-order valence-electron chi connectivity index (χ2n) is 19.5. The second-order valence-corrected chi connectivity index (χ2v) is 20.3. The molecule has 2 aromatic heterocycles. The van der Waals surface area contributed by atoms with Crippen molar-refractivity contribution < 1.29 is 37.9 Å². The van der Waals surface area contributed by atoms with E-state index in [1.165, 1.54) is 21.4 Å². The summed E-state index contributed by atoms with van der Waals surface area (Å²) in [4.78, 5) is 101. The minimum atomic E-state index is -1.35. The van der Waals surface area contributed by atoms with E-state index in [1.807, 2.05) is 15.9 Å². The lowest BCUT2D eigenvalue weighted by molar-refractivity contribution is -0.150. The van der Waals surface area contributed by atoms with Crippen LogP contribution in [-0.2, 0) is 52.4 Å². The van der Waals surface area contributed by atoms with Crippen molar-refractivity contribution in [3.8, 4) is 0 Å². The fraction of sp³-hybridized carbons (Fsp3) is 0.510. The standard InChI is InChI=1S/C49H54Cl2FN9O8/c1-58-36-23-27(5-12-34(36)61(47(58)68)35-13-14-37(62)56-43(35)64)24-38(63)69-26-59-19-21-60(22-20-59)45(66)28-6-9-30(10-7-28)54-44(65)41-39(31-15-18-53-42(51)40(31)52)49(48(57-41)16-3-2-4-17-48)32-11-8-29(50)25-33(32)55-46(49)67/h5,8,11-12,15,18,23,25,28,30,35,39,41,57H,2-4,6-7,9-10,13-14,16-17,19-22,24,26H2,1H3,(H,54,65)(H,55,67)(H,56,62,64)/t28?,30?,35?,39-,41+,49+/m0/s1. The van der Waals surface area contributed by atoms with Gasteiger partial charge in [-0.25, -0.2) is 14.2 Å². The predicted octanol–water partition coefficient (Wildman–Crippen LogP) is 4.37. The monoisotopic (exact) mass is 985 g/mol. The Morgan fingerprint density at radius 2 is 1.65 bits per heavy atom. The summed E-state index contributed by atoms with van der Waals surface area (Å²) in [5.74, 6) is -3.90. The topological polar surface area (TPSA) is 206 Å². The van der Waals surface area contributed by atoms with E-state index in [-0.39, 0.29) is 72.3 Å². The average molecular weight is 987 g/mol. The van der Waals surface area contributed by atoms with Crippen molar-refractivity contribution in [3.63, 3.8) is 0 Å². The van der Waals surface area contributed by atoms with Gasteiger partial charge in [0.25, 0.3) is 0 Å². The molecule has 4 atom stereocenters. The molecule has 6 aliphatic rings. The first-order chi connectivity index (χ1) is 33.2. The summed E-state index contributed by atoms with van der Waals surface area (Å²) in [6, 6.07) is 9.87. The van der Waals surface area contributed by atoms with E-state index in [2.05, 4.69) is 26.3 Å². The largest absolute Gasteiger partial charge is 0.449 e. The molecule has 364 valence electrons. The molecule has 17 nitrogen and oxygen atoms in total. The zero-order valence-electron chi connectivity index (χ0n) is 38.2. The van der Waals surface area contributed by atoms with Crippen LogP contribution in [-0.4, -0.2) is 110 Å². The number of carbonyl (C=O) groups is 6. The van der Waals surface area contributed by atoms with Gasteiger partial charge in [-0.05, 0) is 92.0 Å². The number of piperidine rings is 1. The smallest absolute Gasteiger partial charge is 0.329 e. The Hall–Kier alpha value is -5.69. The Labute approximate surface area is 406 Å². The molecular formula is C49H54Cl2FN9O8. The molecule has 10 rings (SSSR count). The van der Waals surface area contributed by atoms with Crippen LogP contribution in [0.25, 0.3) is 11.0 Å². The first kappa shape index (κ1) is 47.0. The first-order valence-corrected chi connectivity index (χ1v) is 24.6. The van der Waals surface area contributed by atoms with Gasteiger partial charge in [0.1, 0.15) is 18.2 Å². The Bertz CT molecular complexity index is 2830. The van der Waals surface area contributed by atoms with E-state index in [1.54, 1.807) is 37.4 Å². The number of esters is 1. The number of rotatable bonds is 9. The third-order valence-electron chi connectivity index (χ3n) is 15.7. The van der Waals surface area contributed by atoms with Gasteiger partial charge in [-0.3, -0.25) is 53.4 Å². The number of piperazine rings is 1. The van der Waals surface area contributed by atoms with Gasteiger partial charge in [0.2, 0.25) is 29.5 Å².